The smallest absolute Gasteiger partial charge is 0.201 e. The van der Waals surface area contributed by atoms with Crippen molar-refractivity contribution in [3.05, 3.63) is 59.2 Å². The minimum absolute atomic E-state index is 0.134. The van der Waals surface area contributed by atoms with Crippen LogP contribution in [0.3, 0.4) is 0 Å². The normalized spacial score (nSPS) is 11.0. The minimum Gasteiger partial charge on any atom is -0.355 e. The van der Waals surface area contributed by atoms with Gasteiger partial charge in [0.1, 0.15) is 11.6 Å². The standard InChI is InChI=1S/C19H17N5/c1-19(2,15-8-6-13(10-20)7-9-15)12-22-18-23-16-5-3-4-14(11-21)17(16)24-18/h3-9H,12H2,1-2H3,(H2,22,23,24). The molecule has 0 saturated carbocycles. The molecule has 0 aliphatic heterocycles. The van der Waals surface area contributed by atoms with Crippen molar-refractivity contribution in [2.45, 2.75) is 19.3 Å². The van der Waals surface area contributed by atoms with E-state index in [-0.39, 0.29) is 5.41 Å². The fourth-order valence-corrected chi connectivity index (χ4v) is 2.61. The van der Waals surface area contributed by atoms with E-state index < -0.39 is 0 Å². The first-order valence-corrected chi connectivity index (χ1v) is 7.67. The lowest BCUT2D eigenvalue weighted by atomic mass is 9.84. The van der Waals surface area contributed by atoms with E-state index in [0.29, 0.717) is 29.1 Å². The lowest BCUT2D eigenvalue weighted by Crippen LogP contribution is -2.27. The van der Waals surface area contributed by atoms with E-state index in [0.717, 1.165) is 11.1 Å². The van der Waals surface area contributed by atoms with Gasteiger partial charge in [0.05, 0.1) is 22.7 Å². The Balaban J connectivity index is 1.79. The SMILES string of the molecule is CC(C)(CNc1nc2c(C#N)cccc2[nH]1)c1ccc(C#N)cc1. The van der Waals surface area contributed by atoms with Crippen molar-refractivity contribution in [2.24, 2.45) is 0 Å². The Morgan fingerprint density at radius 1 is 1.08 bits per heavy atom. The van der Waals surface area contributed by atoms with Crippen LogP contribution in [0.1, 0.15) is 30.5 Å². The summed E-state index contributed by atoms with van der Waals surface area (Å²) in [6.07, 6.45) is 0. The molecule has 5 nitrogen and oxygen atoms in total. The molecular weight excluding hydrogens is 298 g/mol. The zero-order valence-corrected chi connectivity index (χ0v) is 13.6. The topological polar surface area (TPSA) is 88.3 Å². The molecule has 0 unspecified atom stereocenters. The summed E-state index contributed by atoms with van der Waals surface area (Å²) in [4.78, 5) is 7.67. The number of nitriles is 2. The number of imidazole rings is 1. The average Bonchev–Trinajstić information content (AvgIpc) is 3.03. The van der Waals surface area contributed by atoms with E-state index in [9.17, 15) is 0 Å². The van der Waals surface area contributed by atoms with Gasteiger partial charge in [-0.15, -0.1) is 0 Å². The molecule has 3 aromatic rings. The van der Waals surface area contributed by atoms with Crippen LogP contribution >= 0.6 is 0 Å². The van der Waals surface area contributed by atoms with Crippen LogP contribution in [0, 0.1) is 22.7 Å². The molecule has 2 aromatic carbocycles. The number of anilines is 1. The van der Waals surface area contributed by atoms with Gasteiger partial charge >= 0.3 is 0 Å². The van der Waals surface area contributed by atoms with Crippen LogP contribution in [0.5, 0.6) is 0 Å². The summed E-state index contributed by atoms with van der Waals surface area (Å²) in [6, 6.07) is 17.4. The summed E-state index contributed by atoms with van der Waals surface area (Å²) in [5, 5.41) is 21.4. The van der Waals surface area contributed by atoms with Crippen molar-refractivity contribution in [3.8, 4) is 12.1 Å². The molecule has 118 valence electrons. The van der Waals surface area contributed by atoms with Crippen LogP contribution in [0.2, 0.25) is 0 Å². The van der Waals surface area contributed by atoms with Crippen LogP contribution in [0.4, 0.5) is 5.95 Å². The highest BCUT2D eigenvalue weighted by molar-refractivity contribution is 5.83. The van der Waals surface area contributed by atoms with Crippen LogP contribution in [0.25, 0.3) is 11.0 Å². The minimum atomic E-state index is -0.134. The van der Waals surface area contributed by atoms with Gasteiger partial charge in [0, 0.05) is 12.0 Å². The third-order valence-corrected chi connectivity index (χ3v) is 4.13. The summed E-state index contributed by atoms with van der Waals surface area (Å²) in [5.41, 5.74) is 3.74. The molecule has 0 spiro atoms. The van der Waals surface area contributed by atoms with Crippen molar-refractivity contribution < 1.29 is 0 Å². The summed E-state index contributed by atoms with van der Waals surface area (Å²) < 4.78 is 0. The van der Waals surface area contributed by atoms with Gasteiger partial charge < -0.3 is 10.3 Å². The molecule has 1 aromatic heterocycles. The number of para-hydroxylation sites is 1. The Labute approximate surface area is 140 Å². The number of aromatic nitrogens is 2. The van der Waals surface area contributed by atoms with Gasteiger partial charge in [-0.3, -0.25) is 0 Å². The fourth-order valence-electron chi connectivity index (χ4n) is 2.61. The molecule has 24 heavy (non-hydrogen) atoms. The second kappa shape index (κ2) is 6.06. The van der Waals surface area contributed by atoms with Crippen molar-refractivity contribution in [3.63, 3.8) is 0 Å². The zero-order chi connectivity index (χ0) is 17.2. The molecule has 0 aliphatic carbocycles. The number of benzene rings is 2. The Bertz CT molecular complexity index is 952. The van der Waals surface area contributed by atoms with E-state index in [1.807, 2.05) is 36.4 Å². The van der Waals surface area contributed by atoms with Crippen LogP contribution in [0.15, 0.2) is 42.5 Å². The van der Waals surface area contributed by atoms with Gasteiger partial charge in [-0.2, -0.15) is 10.5 Å². The number of aromatic amines is 1. The van der Waals surface area contributed by atoms with Crippen LogP contribution in [-0.4, -0.2) is 16.5 Å². The number of nitrogens with one attached hydrogen (secondary N) is 2. The Morgan fingerprint density at radius 2 is 1.83 bits per heavy atom. The molecule has 0 amide bonds. The quantitative estimate of drug-likeness (QED) is 0.768. The van der Waals surface area contributed by atoms with Gasteiger partial charge in [0.25, 0.3) is 0 Å². The monoisotopic (exact) mass is 315 g/mol. The second-order valence-electron chi connectivity index (χ2n) is 6.33. The largest absolute Gasteiger partial charge is 0.355 e. The first-order valence-electron chi connectivity index (χ1n) is 7.67. The highest BCUT2D eigenvalue weighted by Gasteiger charge is 2.21. The Kier molecular flexibility index (Phi) is 3.93. The Hall–Kier alpha value is -3.31. The summed E-state index contributed by atoms with van der Waals surface area (Å²) >= 11 is 0. The molecule has 0 fully saturated rings. The first-order chi connectivity index (χ1) is 11.5. The molecule has 1 heterocycles. The van der Waals surface area contributed by atoms with Crippen molar-refractivity contribution in [1.82, 2.24) is 9.97 Å². The maximum absolute atomic E-state index is 9.15. The maximum atomic E-state index is 9.15. The number of H-pyrrole nitrogens is 1. The lowest BCUT2D eigenvalue weighted by Gasteiger charge is -2.25. The molecular formula is C19H17N5. The number of fused-ring (bicyclic) bond motifs is 1. The van der Waals surface area contributed by atoms with Crippen LogP contribution < -0.4 is 5.32 Å². The maximum Gasteiger partial charge on any atom is 0.201 e. The summed E-state index contributed by atoms with van der Waals surface area (Å²) in [5.74, 6) is 0.648. The predicted octanol–water partition coefficient (Wildman–Crippen LogP) is 3.70. The molecule has 0 radical (unpaired) electrons. The molecule has 0 atom stereocenters. The number of hydrogen-bond acceptors (Lipinski definition) is 4. The van der Waals surface area contributed by atoms with E-state index >= 15 is 0 Å². The van der Waals surface area contributed by atoms with E-state index in [2.05, 4.69) is 41.3 Å². The first kappa shape index (κ1) is 15.6. The van der Waals surface area contributed by atoms with Crippen molar-refractivity contribution in [1.29, 1.82) is 10.5 Å². The van der Waals surface area contributed by atoms with Crippen molar-refractivity contribution >= 4 is 17.0 Å². The van der Waals surface area contributed by atoms with Gasteiger partial charge in [-0.1, -0.05) is 32.0 Å². The lowest BCUT2D eigenvalue weighted by molar-refractivity contribution is 0.555. The third kappa shape index (κ3) is 2.93. The van der Waals surface area contributed by atoms with E-state index in [1.54, 1.807) is 6.07 Å². The zero-order valence-electron chi connectivity index (χ0n) is 13.6. The highest BCUT2D eigenvalue weighted by atomic mass is 15.1. The third-order valence-electron chi connectivity index (χ3n) is 4.13. The molecule has 5 heteroatoms. The summed E-state index contributed by atoms with van der Waals surface area (Å²) in [6.45, 7) is 4.93. The van der Waals surface area contributed by atoms with Gasteiger partial charge in [-0.25, -0.2) is 4.98 Å². The number of hydrogen-bond donors (Lipinski definition) is 2. The number of rotatable bonds is 4. The molecule has 3 rings (SSSR count). The Morgan fingerprint density at radius 3 is 2.50 bits per heavy atom. The van der Waals surface area contributed by atoms with Gasteiger partial charge in [-0.05, 0) is 29.8 Å². The van der Waals surface area contributed by atoms with Crippen LogP contribution in [-0.2, 0) is 5.41 Å². The van der Waals surface area contributed by atoms with E-state index in [4.69, 9.17) is 10.5 Å². The molecule has 0 saturated heterocycles. The fraction of sp³-hybridized carbons (Fsp3) is 0.211. The number of nitrogens with zero attached hydrogens (tertiary/aromatic N) is 3. The molecule has 2 N–H and O–H groups in total. The van der Waals surface area contributed by atoms with Crippen molar-refractivity contribution in [2.75, 3.05) is 11.9 Å². The second-order valence-corrected chi connectivity index (χ2v) is 6.33. The highest BCUT2D eigenvalue weighted by Crippen LogP contribution is 2.25. The summed E-state index contributed by atoms with van der Waals surface area (Å²) in [7, 11) is 0. The predicted molar refractivity (Wildman–Crippen MR) is 93.5 cm³/mol. The van der Waals surface area contributed by atoms with Gasteiger partial charge in [0.15, 0.2) is 0 Å². The van der Waals surface area contributed by atoms with Gasteiger partial charge in [0.2, 0.25) is 5.95 Å². The average molecular weight is 315 g/mol. The van der Waals surface area contributed by atoms with E-state index in [1.165, 1.54) is 0 Å². The molecule has 0 bridgehead atoms. The molecule has 0 aliphatic rings.